The van der Waals surface area contributed by atoms with E-state index in [-0.39, 0.29) is 11.9 Å². The van der Waals surface area contributed by atoms with E-state index in [1.165, 1.54) is 11.3 Å². The van der Waals surface area contributed by atoms with Gasteiger partial charge in [-0.15, -0.1) is 11.3 Å². The Balaban J connectivity index is 1.69. The van der Waals surface area contributed by atoms with Gasteiger partial charge in [0.25, 0.3) is 5.91 Å². The number of aryl methyl sites for hydroxylation is 1. The fourth-order valence-corrected chi connectivity index (χ4v) is 3.31. The predicted molar refractivity (Wildman–Crippen MR) is 78.9 cm³/mol. The summed E-state index contributed by atoms with van der Waals surface area (Å²) in [7, 11) is 1.83. The molecule has 7 heteroatoms. The molecule has 0 radical (unpaired) electrons. The van der Waals surface area contributed by atoms with Gasteiger partial charge in [-0.05, 0) is 12.8 Å². The van der Waals surface area contributed by atoms with Crippen LogP contribution < -0.4 is 5.32 Å². The van der Waals surface area contributed by atoms with Crippen LogP contribution in [0.15, 0.2) is 17.8 Å². The number of rotatable bonds is 3. The van der Waals surface area contributed by atoms with E-state index >= 15 is 0 Å². The molecule has 0 spiro atoms. The van der Waals surface area contributed by atoms with Crippen molar-refractivity contribution >= 4 is 17.2 Å². The van der Waals surface area contributed by atoms with Crippen LogP contribution in [-0.4, -0.2) is 32.9 Å². The Morgan fingerprint density at radius 2 is 2.29 bits per heavy atom. The Morgan fingerprint density at radius 3 is 3.00 bits per heavy atom. The molecule has 21 heavy (non-hydrogen) atoms. The van der Waals surface area contributed by atoms with Crippen LogP contribution in [0.5, 0.6) is 0 Å². The third-order valence-electron chi connectivity index (χ3n) is 3.69. The van der Waals surface area contributed by atoms with Crippen LogP contribution in [0.3, 0.4) is 0 Å². The van der Waals surface area contributed by atoms with Gasteiger partial charge in [-0.25, -0.2) is 9.37 Å². The number of carbonyl (C=O) groups is 1. The Hall–Kier alpha value is -1.76. The van der Waals surface area contributed by atoms with E-state index in [4.69, 9.17) is 0 Å². The molecule has 112 valence electrons. The second-order valence-corrected chi connectivity index (χ2v) is 6.18. The minimum absolute atomic E-state index is 0.295. The van der Waals surface area contributed by atoms with E-state index in [2.05, 4.69) is 15.4 Å². The first-order valence-electron chi connectivity index (χ1n) is 7.03. The molecule has 1 amide bonds. The normalized spacial score (nSPS) is 22.2. The number of nitrogens with zero attached hydrogens (tertiary/aromatic N) is 3. The molecule has 2 aromatic rings. The predicted octanol–water partition coefficient (Wildman–Crippen LogP) is 2.55. The standard InChI is InChI=1S/C14H17FN4OS/c1-19-7-9(6-16-19)14-18-12(8-21-14)13(20)17-11-5-3-2-4-10(11)15/h6-8,10-11H,2-5H2,1H3,(H,17,20)/t10-,11-/m1/s1. The van der Waals surface area contributed by atoms with Gasteiger partial charge < -0.3 is 5.32 Å². The van der Waals surface area contributed by atoms with E-state index < -0.39 is 6.17 Å². The number of halogens is 1. The maximum atomic E-state index is 13.8. The summed E-state index contributed by atoms with van der Waals surface area (Å²) in [6, 6.07) is -0.380. The van der Waals surface area contributed by atoms with Crippen LogP contribution in [0.25, 0.3) is 10.6 Å². The lowest BCUT2D eigenvalue weighted by atomic mass is 9.93. The number of carbonyl (C=O) groups excluding carboxylic acids is 1. The summed E-state index contributed by atoms with van der Waals surface area (Å²) in [5.41, 5.74) is 1.22. The first-order valence-corrected chi connectivity index (χ1v) is 7.91. The highest BCUT2D eigenvalue weighted by atomic mass is 32.1. The van der Waals surface area contributed by atoms with Crippen molar-refractivity contribution in [2.45, 2.75) is 37.9 Å². The molecule has 1 aliphatic carbocycles. The molecule has 2 heterocycles. The molecular formula is C14H17FN4OS. The Labute approximate surface area is 126 Å². The molecule has 0 aromatic carbocycles. The number of amides is 1. The minimum Gasteiger partial charge on any atom is -0.345 e. The lowest BCUT2D eigenvalue weighted by Crippen LogP contribution is -2.43. The summed E-state index contributed by atoms with van der Waals surface area (Å²) in [6.45, 7) is 0. The molecule has 1 saturated carbocycles. The molecule has 2 aromatic heterocycles. The highest BCUT2D eigenvalue weighted by molar-refractivity contribution is 7.13. The first kappa shape index (κ1) is 14.2. The molecule has 0 unspecified atom stereocenters. The average Bonchev–Trinajstić information content (AvgIpc) is 3.10. The zero-order valence-corrected chi connectivity index (χ0v) is 12.6. The molecule has 1 N–H and O–H groups in total. The molecule has 0 bridgehead atoms. The van der Waals surface area contributed by atoms with Gasteiger partial charge in [-0.2, -0.15) is 5.10 Å². The number of aromatic nitrogens is 3. The van der Waals surface area contributed by atoms with E-state index in [0.717, 1.165) is 23.4 Å². The summed E-state index contributed by atoms with van der Waals surface area (Å²) in [5, 5.41) is 9.29. The van der Waals surface area contributed by atoms with Gasteiger partial charge in [-0.3, -0.25) is 9.48 Å². The van der Waals surface area contributed by atoms with E-state index in [1.54, 1.807) is 16.3 Å². The third kappa shape index (κ3) is 3.12. The number of thiazole rings is 1. The Kier molecular flexibility index (Phi) is 4.01. The van der Waals surface area contributed by atoms with Crippen LogP contribution in [-0.2, 0) is 7.05 Å². The monoisotopic (exact) mass is 308 g/mol. The van der Waals surface area contributed by atoms with Gasteiger partial charge in [0.2, 0.25) is 0 Å². The maximum absolute atomic E-state index is 13.8. The van der Waals surface area contributed by atoms with Crippen molar-refractivity contribution < 1.29 is 9.18 Å². The molecule has 1 aliphatic rings. The second-order valence-electron chi connectivity index (χ2n) is 5.32. The van der Waals surface area contributed by atoms with Crippen molar-refractivity contribution in [3.05, 3.63) is 23.5 Å². The Morgan fingerprint density at radius 1 is 1.48 bits per heavy atom. The van der Waals surface area contributed by atoms with Crippen molar-refractivity contribution in [1.29, 1.82) is 0 Å². The SMILES string of the molecule is Cn1cc(-c2nc(C(=O)N[C@@H]3CCCC[C@H]3F)cs2)cn1. The summed E-state index contributed by atoms with van der Waals surface area (Å²) in [4.78, 5) is 16.5. The third-order valence-corrected chi connectivity index (χ3v) is 4.58. The summed E-state index contributed by atoms with van der Waals surface area (Å²) in [6.07, 6.45) is 5.70. The summed E-state index contributed by atoms with van der Waals surface area (Å²) < 4.78 is 15.4. The fourth-order valence-electron chi connectivity index (χ4n) is 2.53. The molecule has 0 aliphatic heterocycles. The van der Waals surface area contributed by atoms with Crippen LogP contribution in [0, 0.1) is 0 Å². The van der Waals surface area contributed by atoms with Crippen LogP contribution >= 0.6 is 11.3 Å². The van der Waals surface area contributed by atoms with Crippen molar-refractivity contribution in [3.8, 4) is 10.6 Å². The van der Waals surface area contributed by atoms with E-state index in [9.17, 15) is 9.18 Å². The van der Waals surface area contributed by atoms with Crippen molar-refractivity contribution in [3.63, 3.8) is 0 Å². The topological polar surface area (TPSA) is 59.8 Å². The smallest absolute Gasteiger partial charge is 0.271 e. The van der Waals surface area contributed by atoms with Gasteiger partial charge in [-0.1, -0.05) is 12.8 Å². The molecule has 5 nitrogen and oxygen atoms in total. The zero-order valence-electron chi connectivity index (χ0n) is 11.8. The summed E-state index contributed by atoms with van der Waals surface area (Å²) >= 11 is 1.39. The van der Waals surface area contributed by atoms with Crippen molar-refractivity contribution in [2.75, 3.05) is 0 Å². The van der Waals surface area contributed by atoms with Gasteiger partial charge in [0, 0.05) is 24.2 Å². The average molecular weight is 308 g/mol. The first-order chi connectivity index (χ1) is 10.1. The molecule has 2 atom stereocenters. The number of alkyl halides is 1. The van der Waals surface area contributed by atoms with Gasteiger partial charge in [0.05, 0.1) is 12.2 Å². The maximum Gasteiger partial charge on any atom is 0.271 e. The number of hydrogen-bond donors (Lipinski definition) is 1. The van der Waals surface area contributed by atoms with Gasteiger partial charge in [0.1, 0.15) is 16.9 Å². The van der Waals surface area contributed by atoms with Crippen molar-refractivity contribution in [2.24, 2.45) is 7.05 Å². The minimum atomic E-state index is -0.945. The molecule has 0 saturated heterocycles. The second kappa shape index (κ2) is 5.93. The van der Waals surface area contributed by atoms with Gasteiger partial charge in [0.15, 0.2) is 0 Å². The lowest BCUT2D eigenvalue weighted by molar-refractivity contribution is 0.0880. The summed E-state index contributed by atoms with van der Waals surface area (Å²) in [5.74, 6) is -0.295. The highest BCUT2D eigenvalue weighted by Crippen LogP contribution is 2.24. The van der Waals surface area contributed by atoms with Crippen LogP contribution in [0.1, 0.15) is 36.2 Å². The van der Waals surface area contributed by atoms with Crippen LogP contribution in [0.2, 0.25) is 0 Å². The van der Waals surface area contributed by atoms with Crippen molar-refractivity contribution in [1.82, 2.24) is 20.1 Å². The quantitative estimate of drug-likeness (QED) is 0.948. The largest absolute Gasteiger partial charge is 0.345 e. The van der Waals surface area contributed by atoms with E-state index in [0.29, 0.717) is 18.5 Å². The molecule has 3 rings (SSSR count). The van der Waals surface area contributed by atoms with E-state index in [1.807, 2.05) is 13.2 Å². The zero-order chi connectivity index (χ0) is 14.8. The molecular weight excluding hydrogens is 291 g/mol. The highest BCUT2D eigenvalue weighted by Gasteiger charge is 2.27. The lowest BCUT2D eigenvalue weighted by Gasteiger charge is -2.26. The van der Waals surface area contributed by atoms with Crippen LogP contribution in [0.4, 0.5) is 4.39 Å². The van der Waals surface area contributed by atoms with Gasteiger partial charge >= 0.3 is 0 Å². The fraction of sp³-hybridized carbons (Fsp3) is 0.500. The number of hydrogen-bond acceptors (Lipinski definition) is 4. The Bertz CT molecular complexity index is 638. The number of nitrogens with one attached hydrogen (secondary N) is 1. The molecule has 1 fully saturated rings.